The van der Waals surface area contributed by atoms with Gasteiger partial charge in [0.1, 0.15) is 0 Å². The Morgan fingerprint density at radius 3 is 2.55 bits per heavy atom. The number of aromatic nitrogens is 1. The summed E-state index contributed by atoms with van der Waals surface area (Å²) >= 11 is 1.79. The molecule has 1 unspecified atom stereocenters. The molecular weight excluding hydrogens is 294 g/mol. The number of benzene rings is 1. The highest BCUT2D eigenvalue weighted by Crippen LogP contribution is 2.28. The van der Waals surface area contributed by atoms with Gasteiger partial charge >= 0.3 is 0 Å². The van der Waals surface area contributed by atoms with Crippen molar-refractivity contribution in [3.63, 3.8) is 0 Å². The van der Waals surface area contributed by atoms with Gasteiger partial charge in [0.15, 0.2) is 0 Å². The lowest BCUT2D eigenvalue weighted by Crippen LogP contribution is -2.20. The van der Waals surface area contributed by atoms with Crippen molar-refractivity contribution in [2.75, 3.05) is 30.4 Å². The van der Waals surface area contributed by atoms with Crippen LogP contribution in [0.15, 0.2) is 24.3 Å². The van der Waals surface area contributed by atoms with Gasteiger partial charge in [-0.1, -0.05) is 6.92 Å². The Morgan fingerprint density at radius 1 is 1.32 bits per heavy atom. The molecule has 0 aliphatic rings. The van der Waals surface area contributed by atoms with Gasteiger partial charge in [0.2, 0.25) is 0 Å². The van der Waals surface area contributed by atoms with Crippen molar-refractivity contribution in [2.45, 2.75) is 33.2 Å². The largest absolute Gasteiger partial charge is 0.395 e. The molecule has 1 heterocycles. The minimum atomic E-state index is 0.165. The van der Waals surface area contributed by atoms with E-state index in [0.29, 0.717) is 6.54 Å². The maximum atomic E-state index is 8.99. The highest BCUT2D eigenvalue weighted by atomic mass is 32.1. The highest BCUT2D eigenvalue weighted by Gasteiger charge is 2.13. The Bertz CT molecular complexity index is 594. The molecule has 0 radical (unpaired) electrons. The van der Waals surface area contributed by atoms with Crippen molar-refractivity contribution in [1.82, 2.24) is 4.98 Å². The minimum Gasteiger partial charge on any atom is -0.395 e. The van der Waals surface area contributed by atoms with E-state index in [-0.39, 0.29) is 12.6 Å². The van der Waals surface area contributed by atoms with E-state index in [4.69, 9.17) is 5.11 Å². The first-order valence-electron chi connectivity index (χ1n) is 7.70. The van der Waals surface area contributed by atoms with Gasteiger partial charge in [-0.15, -0.1) is 11.3 Å². The Morgan fingerprint density at radius 2 is 2.00 bits per heavy atom. The maximum absolute atomic E-state index is 8.99. The van der Waals surface area contributed by atoms with Crippen molar-refractivity contribution in [3.05, 3.63) is 39.8 Å². The van der Waals surface area contributed by atoms with E-state index in [1.807, 2.05) is 11.9 Å². The molecule has 5 heteroatoms. The number of anilines is 2. The van der Waals surface area contributed by atoms with Gasteiger partial charge < -0.3 is 15.3 Å². The van der Waals surface area contributed by atoms with Crippen LogP contribution in [0.2, 0.25) is 0 Å². The number of nitrogens with zero attached hydrogens (tertiary/aromatic N) is 2. The molecule has 2 N–H and O–H groups in total. The predicted octanol–water partition coefficient (Wildman–Crippen LogP) is 3.62. The van der Waals surface area contributed by atoms with Gasteiger partial charge in [0.25, 0.3) is 0 Å². The van der Waals surface area contributed by atoms with E-state index in [1.54, 1.807) is 11.3 Å². The van der Waals surface area contributed by atoms with Gasteiger partial charge in [0, 0.05) is 29.8 Å². The number of aryl methyl sites for hydroxylation is 2. The minimum absolute atomic E-state index is 0.165. The number of likely N-dealkylation sites (N-methyl/N-ethyl adjacent to an activating group) is 1. The van der Waals surface area contributed by atoms with Gasteiger partial charge in [-0.05, 0) is 44.5 Å². The van der Waals surface area contributed by atoms with E-state index in [9.17, 15) is 0 Å². The molecule has 0 amide bonds. The topological polar surface area (TPSA) is 48.4 Å². The van der Waals surface area contributed by atoms with Crippen LogP contribution < -0.4 is 10.2 Å². The first kappa shape index (κ1) is 16.8. The Hall–Kier alpha value is -1.59. The van der Waals surface area contributed by atoms with Crippen LogP contribution in [0.4, 0.5) is 11.4 Å². The second-order valence-electron chi connectivity index (χ2n) is 5.47. The summed E-state index contributed by atoms with van der Waals surface area (Å²) in [5.41, 5.74) is 3.33. The Balaban J connectivity index is 2.05. The van der Waals surface area contributed by atoms with E-state index >= 15 is 0 Å². The highest BCUT2D eigenvalue weighted by molar-refractivity contribution is 7.11. The van der Waals surface area contributed by atoms with Crippen LogP contribution in [-0.2, 0) is 6.42 Å². The van der Waals surface area contributed by atoms with Crippen LogP contribution in [-0.4, -0.2) is 30.3 Å². The molecule has 1 aromatic heterocycles. The fourth-order valence-corrected chi connectivity index (χ4v) is 3.44. The summed E-state index contributed by atoms with van der Waals surface area (Å²) in [5, 5.41) is 13.7. The number of aliphatic hydroxyl groups is 1. The predicted molar refractivity (Wildman–Crippen MR) is 95.1 cm³/mol. The average molecular weight is 319 g/mol. The van der Waals surface area contributed by atoms with Gasteiger partial charge in [-0.3, -0.25) is 0 Å². The summed E-state index contributed by atoms with van der Waals surface area (Å²) < 4.78 is 0. The van der Waals surface area contributed by atoms with Gasteiger partial charge in [0.05, 0.1) is 23.4 Å². The first-order valence-corrected chi connectivity index (χ1v) is 8.51. The van der Waals surface area contributed by atoms with Crippen LogP contribution in [0, 0.1) is 6.92 Å². The van der Waals surface area contributed by atoms with Gasteiger partial charge in [-0.25, -0.2) is 4.98 Å². The number of hydrogen-bond acceptors (Lipinski definition) is 5. The zero-order valence-corrected chi connectivity index (χ0v) is 14.6. The van der Waals surface area contributed by atoms with E-state index < -0.39 is 0 Å². The van der Waals surface area contributed by atoms with Crippen molar-refractivity contribution >= 4 is 22.7 Å². The van der Waals surface area contributed by atoms with Crippen LogP contribution in [0.1, 0.15) is 35.5 Å². The molecule has 120 valence electrons. The summed E-state index contributed by atoms with van der Waals surface area (Å²) in [6.45, 7) is 7.20. The number of hydrogen-bond donors (Lipinski definition) is 2. The van der Waals surface area contributed by atoms with E-state index in [0.717, 1.165) is 23.5 Å². The van der Waals surface area contributed by atoms with Crippen molar-refractivity contribution in [3.8, 4) is 0 Å². The third-order valence-electron chi connectivity index (χ3n) is 3.70. The molecule has 1 atom stereocenters. The second kappa shape index (κ2) is 7.61. The summed E-state index contributed by atoms with van der Waals surface area (Å²) in [4.78, 5) is 7.94. The molecule has 0 aliphatic carbocycles. The van der Waals surface area contributed by atoms with E-state index in [1.165, 1.54) is 9.88 Å². The fraction of sp³-hybridized carbons (Fsp3) is 0.471. The number of aliphatic hydroxyl groups excluding tert-OH is 1. The number of thiazole rings is 1. The van der Waals surface area contributed by atoms with Gasteiger partial charge in [-0.2, -0.15) is 0 Å². The fourth-order valence-electron chi connectivity index (χ4n) is 2.43. The summed E-state index contributed by atoms with van der Waals surface area (Å²) in [6, 6.07) is 8.55. The molecule has 0 fully saturated rings. The monoisotopic (exact) mass is 319 g/mol. The third-order valence-corrected chi connectivity index (χ3v) is 5.18. The summed E-state index contributed by atoms with van der Waals surface area (Å²) in [6.07, 6.45) is 0.990. The first-order chi connectivity index (χ1) is 10.5. The second-order valence-corrected chi connectivity index (χ2v) is 6.58. The van der Waals surface area contributed by atoms with Crippen molar-refractivity contribution in [2.24, 2.45) is 0 Å². The molecule has 1 aromatic carbocycles. The molecule has 0 spiro atoms. The lowest BCUT2D eigenvalue weighted by atomic mass is 10.2. The van der Waals surface area contributed by atoms with Crippen molar-refractivity contribution < 1.29 is 5.11 Å². The number of nitrogens with one attached hydrogen (secondary N) is 1. The molecule has 2 rings (SSSR count). The smallest absolute Gasteiger partial charge is 0.0929 e. The third kappa shape index (κ3) is 3.99. The number of rotatable bonds is 7. The molecule has 0 saturated carbocycles. The molecule has 0 bridgehead atoms. The lowest BCUT2D eigenvalue weighted by Gasteiger charge is -2.19. The molecule has 22 heavy (non-hydrogen) atoms. The summed E-state index contributed by atoms with van der Waals surface area (Å²) in [7, 11) is 1.98. The standard InChI is InChI=1S/C17H25N3OS/c1-5-16-19-13(3)17(22-16)12(2)18-14-6-8-15(9-7-14)20(4)10-11-21/h6-9,12,18,21H,5,10-11H2,1-4H3. The summed E-state index contributed by atoms with van der Waals surface area (Å²) in [5.74, 6) is 0. The van der Waals surface area contributed by atoms with Crippen molar-refractivity contribution in [1.29, 1.82) is 0 Å². The molecule has 4 nitrogen and oxygen atoms in total. The van der Waals surface area contributed by atoms with Crippen LogP contribution in [0.3, 0.4) is 0 Å². The normalized spacial score (nSPS) is 12.2. The zero-order valence-electron chi connectivity index (χ0n) is 13.8. The Kier molecular flexibility index (Phi) is 5.80. The van der Waals surface area contributed by atoms with E-state index in [2.05, 4.69) is 55.3 Å². The maximum Gasteiger partial charge on any atom is 0.0929 e. The zero-order chi connectivity index (χ0) is 16.1. The Labute approximate surface area is 136 Å². The van der Waals surface area contributed by atoms with Crippen LogP contribution in [0.5, 0.6) is 0 Å². The molecule has 0 aliphatic heterocycles. The van der Waals surface area contributed by atoms with Crippen LogP contribution in [0.25, 0.3) is 0 Å². The molecular formula is C17H25N3OS. The quantitative estimate of drug-likeness (QED) is 0.818. The SMILES string of the molecule is CCc1nc(C)c(C(C)Nc2ccc(N(C)CCO)cc2)s1. The molecule has 0 saturated heterocycles. The average Bonchev–Trinajstić information content (AvgIpc) is 2.89. The van der Waals surface area contributed by atoms with Crippen LogP contribution >= 0.6 is 11.3 Å². The lowest BCUT2D eigenvalue weighted by molar-refractivity contribution is 0.304. The molecule has 2 aromatic rings.